The van der Waals surface area contributed by atoms with Crippen LogP contribution < -0.4 is 0 Å². The lowest BCUT2D eigenvalue weighted by Gasteiger charge is -2.20. The van der Waals surface area contributed by atoms with Crippen LogP contribution in [0.2, 0.25) is 0 Å². The number of carbonyl (C=O) groups excluding carboxylic acids is 1. The van der Waals surface area contributed by atoms with Crippen LogP contribution in [0.5, 0.6) is 0 Å². The third-order valence-corrected chi connectivity index (χ3v) is 3.07. The summed E-state index contributed by atoms with van der Waals surface area (Å²) in [6.45, 7) is 5.59. The van der Waals surface area contributed by atoms with E-state index in [4.69, 9.17) is 0 Å². The van der Waals surface area contributed by atoms with E-state index in [1.807, 2.05) is 24.8 Å². The van der Waals surface area contributed by atoms with E-state index in [0.29, 0.717) is 0 Å². The third kappa shape index (κ3) is 2.26. The van der Waals surface area contributed by atoms with Crippen LogP contribution >= 0.6 is 0 Å². The number of carbonyl (C=O) groups is 1. The van der Waals surface area contributed by atoms with Gasteiger partial charge in [0.2, 0.25) is 0 Å². The van der Waals surface area contributed by atoms with Crippen LogP contribution in [-0.2, 0) is 0 Å². The van der Waals surface area contributed by atoms with Gasteiger partial charge in [0.05, 0.1) is 5.69 Å². The minimum Gasteiger partial charge on any atom is -0.323 e. The molecule has 0 N–H and O–H groups in total. The van der Waals surface area contributed by atoms with Gasteiger partial charge in [-0.25, -0.2) is 4.79 Å². The van der Waals surface area contributed by atoms with E-state index < -0.39 is 0 Å². The van der Waals surface area contributed by atoms with Crippen molar-refractivity contribution in [2.75, 3.05) is 13.1 Å². The van der Waals surface area contributed by atoms with Crippen molar-refractivity contribution in [1.82, 2.24) is 14.7 Å². The van der Waals surface area contributed by atoms with Gasteiger partial charge in [0, 0.05) is 18.8 Å². The van der Waals surface area contributed by atoms with E-state index in [0.717, 1.165) is 37.3 Å². The maximum Gasteiger partial charge on any atom is 0.344 e. The van der Waals surface area contributed by atoms with Crippen molar-refractivity contribution in [3.63, 3.8) is 0 Å². The summed E-state index contributed by atoms with van der Waals surface area (Å²) in [4.78, 5) is 14.1. The quantitative estimate of drug-likeness (QED) is 0.674. The lowest BCUT2D eigenvalue weighted by atomic mass is 10.2. The molecule has 4 heteroatoms. The fourth-order valence-corrected chi connectivity index (χ4v) is 2.22. The summed E-state index contributed by atoms with van der Waals surface area (Å²) >= 11 is 0. The van der Waals surface area contributed by atoms with Crippen molar-refractivity contribution in [3.8, 4) is 0 Å². The smallest absolute Gasteiger partial charge is 0.323 e. The molecular formula is C12H19N3O. The van der Waals surface area contributed by atoms with E-state index in [2.05, 4.69) is 5.10 Å². The van der Waals surface area contributed by atoms with Crippen LogP contribution in [0.25, 0.3) is 0 Å². The van der Waals surface area contributed by atoms with Crippen molar-refractivity contribution in [3.05, 3.63) is 17.5 Å². The van der Waals surface area contributed by atoms with Crippen molar-refractivity contribution in [1.29, 1.82) is 0 Å². The number of aromatic nitrogens is 2. The Morgan fingerprint density at radius 3 is 2.31 bits per heavy atom. The Labute approximate surface area is 96.2 Å². The van der Waals surface area contributed by atoms with Gasteiger partial charge in [-0.1, -0.05) is 12.8 Å². The number of hydrogen-bond acceptors (Lipinski definition) is 2. The van der Waals surface area contributed by atoms with Crippen molar-refractivity contribution in [2.24, 2.45) is 0 Å². The van der Waals surface area contributed by atoms with Crippen LogP contribution in [-0.4, -0.2) is 33.8 Å². The van der Waals surface area contributed by atoms with E-state index >= 15 is 0 Å². The Morgan fingerprint density at radius 1 is 1.19 bits per heavy atom. The number of aryl methyl sites for hydroxylation is 2. The molecule has 88 valence electrons. The average Bonchev–Trinajstić information content (AvgIpc) is 2.49. The molecule has 1 aromatic heterocycles. The van der Waals surface area contributed by atoms with Crippen LogP contribution in [0, 0.1) is 13.8 Å². The van der Waals surface area contributed by atoms with Gasteiger partial charge in [0.15, 0.2) is 0 Å². The van der Waals surface area contributed by atoms with E-state index in [9.17, 15) is 4.79 Å². The molecule has 1 aliphatic heterocycles. The summed E-state index contributed by atoms with van der Waals surface area (Å²) in [6, 6.07) is 1.97. The fourth-order valence-electron chi connectivity index (χ4n) is 2.22. The number of nitrogens with zero attached hydrogens (tertiary/aromatic N) is 3. The highest BCUT2D eigenvalue weighted by atomic mass is 16.2. The molecule has 0 aliphatic carbocycles. The highest BCUT2D eigenvalue weighted by Gasteiger charge is 2.19. The largest absolute Gasteiger partial charge is 0.344 e. The van der Waals surface area contributed by atoms with Gasteiger partial charge in [-0.15, -0.1) is 0 Å². The summed E-state index contributed by atoms with van der Waals surface area (Å²) in [6.07, 6.45) is 4.71. The summed E-state index contributed by atoms with van der Waals surface area (Å²) < 4.78 is 1.53. The van der Waals surface area contributed by atoms with Crippen molar-refractivity contribution < 1.29 is 4.79 Å². The predicted molar refractivity (Wildman–Crippen MR) is 62.5 cm³/mol. The molecule has 16 heavy (non-hydrogen) atoms. The SMILES string of the molecule is Cc1cc(C)n(C(=O)N2CCCCCC2)n1. The average molecular weight is 221 g/mol. The second kappa shape index (κ2) is 4.68. The van der Waals surface area contributed by atoms with Crippen molar-refractivity contribution in [2.45, 2.75) is 39.5 Å². The zero-order valence-corrected chi connectivity index (χ0v) is 10.1. The Morgan fingerprint density at radius 2 is 1.81 bits per heavy atom. The Bertz CT molecular complexity index is 376. The molecule has 2 heterocycles. The molecule has 1 aliphatic rings. The second-order valence-corrected chi connectivity index (χ2v) is 4.52. The number of hydrogen-bond donors (Lipinski definition) is 0. The maximum atomic E-state index is 12.2. The molecule has 2 rings (SSSR count). The summed E-state index contributed by atoms with van der Waals surface area (Å²) in [5.74, 6) is 0. The van der Waals surface area contributed by atoms with Crippen molar-refractivity contribution >= 4 is 6.03 Å². The Kier molecular flexibility index (Phi) is 3.27. The topological polar surface area (TPSA) is 38.1 Å². The molecule has 0 saturated carbocycles. The first-order valence-corrected chi connectivity index (χ1v) is 6.01. The minimum atomic E-state index is 0.0347. The minimum absolute atomic E-state index is 0.0347. The fraction of sp³-hybridized carbons (Fsp3) is 0.667. The first-order valence-electron chi connectivity index (χ1n) is 6.01. The molecule has 0 bridgehead atoms. The molecule has 0 unspecified atom stereocenters. The highest BCUT2D eigenvalue weighted by Crippen LogP contribution is 2.12. The van der Waals surface area contributed by atoms with Gasteiger partial charge in [0.25, 0.3) is 0 Å². The molecular weight excluding hydrogens is 202 g/mol. The number of rotatable bonds is 0. The molecule has 0 spiro atoms. The third-order valence-electron chi connectivity index (χ3n) is 3.07. The normalized spacial score (nSPS) is 17.2. The summed E-state index contributed by atoms with van der Waals surface area (Å²) in [5.41, 5.74) is 1.83. The van der Waals surface area contributed by atoms with Gasteiger partial charge < -0.3 is 4.90 Å². The molecule has 1 aromatic rings. The predicted octanol–water partition coefficient (Wildman–Crippen LogP) is 2.34. The van der Waals surface area contributed by atoms with Crippen LogP contribution in [0.3, 0.4) is 0 Å². The summed E-state index contributed by atoms with van der Waals surface area (Å²) in [5, 5.41) is 4.24. The molecule has 0 radical (unpaired) electrons. The zero-order valence-electron chi connectivity index (χ0n) is 10.1. The van der Waals surface area contributed by atoms with E-state index in [1.165, 1.54) is 17.5 Å². The standard InChI is InChI=1S/C12H19N3O/c1-10-9-11(2)15(13-10)12(16)14-7-5-3-4-6-8-14/h9H,3-8H2,1-2H3. The lowest BCUT2D eigenvalue weighted by Crippen LogP contribution is -2.36. The van der Waals surface area contributed by atoms with Gasteiger partial charge in [-0.05, 0) is 32.8 Å². The Hall–Kier alpha value is -1.32. The van der Waals surface area contributed by atoms with Gasteiger partial charge >= 0.3 is 6.03 Å². The summed E-state index contributed by atoms with van der Waals surface area (Å²) in [7, 11) is 0. The van der Waals surface area contributed by atoms with Gasteiger partial charge in [-0.2, -0.15) is 9.78 Å². The second-order valence-electron chi connectivity index (χ2n) is 4.52. The van der Waals surface area contributed by atoms with Crippen LogP contribution in [0.1, 0.15) is 37.1 Å². The monoisotopic (exact) mass is 221 g/mol. The van der Waals surface area contributed by atoms with Crippen LogP contribution in [0.15, 0.2) is 6.07 Å². The Balaban J connectivity index is 2.14. The number of likely N-dealkylation sites (tertiary alicyclic amines) is 1. The van der Waals surface area contributed by atoms with E-state index in [-0.39, 0.29) is 6.03 Å². The first-order chi connectivity index (χ1) is 7.68. The molecule has 1 amide bonds. The maximum absolute atomic E-state index is 12.2. The van der Waals surface area contributed by atoms with E-state index in [1.54, 1.807) is 0 Å². The molecule has 4 nitrogen and oxygen atoms in total. The van der Waals surface area contributed by atoms with Gasteiger partial charge in [0.1, 0.15) is 0 Å². The molecule has 0 aromatic carbocycles. The number of amides is 1. The molecule has 1 saturated heterocycles. The molecule has 1 fully saturated rings. The highest BCUT2D eigenvalue weighted by molar-refractivity contribution is 5.76. The first kappa shape index (κ1) is 11.2. The van der Waals surface area contributed by atoms with Gasteiger partial charge in [-0.3, -0.25) is 0 Å². The zero-order chi connectivity index (χ0) is 11.5. The lowest BCUT2D eigenvalue weighted by molar-refractivity contribution is 0.197. The van der Waals surface area contributed by atoms with Crippen LogP contribution in [0.4, 0.5) is 4.79 Å². The molecule has 0 atom stereocenters.